The van der Waals surface area contributed by atoms with Gasteiger partial charge in [-0.05, 0) is 43.0 Å². The predicted octanol–water partition coefficient (Wildman–Crippen LogP) is 4.98. The molecular formula is C16H19F3O2. The lowest BCUT2D eigenvalue weighted by Gasteiger charge is -2.27. The quantitative estimate of drug-likeness (QED) is 0.733. The number of alkyl halides is 3. The summed E-state index contributed by atoms with van der Waals surface area (Å²) >= 11 is 0. The molecule has 1 aliphatic rings. The minimum absolute atomic E-state index is 0.00177. The molecule has 1 fully saturated rings. The van der Waals surface area contributed by atoms with E-state index in [0.29, 0.717) is 11.5 Å². The predicted molar refractivity (Wildman–Crippen MR) is 73.2 cm³/mol. The Morgan fingerprint density at radius 3 is 2.48 bits per heavy atom. The minimum Gasteiger partial charge on any atom is -0.406 e. The maximum atomic E-state index is 12.4. The van der Waals surface area contributed by atoms with E-state index in [9.17, 15) is 18.0 Å². The Morgan fingerprint density at radius 2 is 1.90 bits per heavy atom. The van der Waals surface area contributed by atoms with E-state index in [-0.39, 0.29) is 17.5 Å². The molecule has 0 spiro atoms. The topological polar surface area (TPSA) is 26.3 Å². The molecule has 116 valence electrons. The number of rotatable bonds is 4. The average molecular weight is 300 g/mol. The van der Waals surface area contributed by atoms with Crippen LogP contribution in [0.4, 0.5) is 13.2 Å². The Morgan fingerprint density at radius 1 is 1.24 bits per heavy atom. The van der Waals surface area contributed by atoms with Crippen molar-refractivity contribution in [1.82, 2.24) is 0 Å². The minimum atomic E-state index is -4.71. The van der Waals surface area contributed by atoms with Crippen molar-refractivity contribution in [2.24, 2.45) is 11.8 Å². The third-order valence-electron chi connectivity index (χ3n) is 4.10. The fourth-order valence-corrected chi connectivity index (χ4v) is 2.96. The van der Waals surface area contributed by atoms with Crippen molar-refractivity contribution in [1.29, 1.82) is 0 Å². The standard InChI is InChI=1S/C16H19F3O2/c1-2-11-4-3-5-13(10-11)15(20)12-6-8-14(9-7-12)21-16(17,18)19/h6-9,11,13H,2-5,10H2,1H3. The molecule has 1 aliphatic carbocycles. The Labute approximate surface area is 122 Å². The molecule has 2 atom stereocenters. The molecule has 1 aromatic rings. The second-order valence-electron chi connectivity index (χ2n) is 5.57. The Hall–Kier alpha value is -1.52. The average Bonchev–Trinajstić information content (AvgIpc) is 2.46. The van der Waals surface area contributed by atoms with Gasteiger partial charge in [0.15, 0.2) is 5.78 Å². The van der Waals surface area contributed by atoms with Crippen molar-refractivity contribution in [2.45, 2.75) is 45.4 Å². The van der Waals surface area contributed by atoms with Gasteiger partial charge in [0.25, 0.3) is 0 Å². The van der Waals surface area contributed by atoms with Gasteiger partial charge in [0, 0.05) is 11.5 Å². The second-order valence-corrected chi connectivity index (χ2v) is 5.57. The largest absolute Gasteiger partial charge is 0.573 e. The zero-order valence-corrected chi connectivity index (χ0v) is 12.0. The molecule has 0 bridgehead atoms. The van der Waals surface area contributed by atoms with Crippen LogP contribution >= 0.6 is 0 Å². The summed E-state index contributed by atoms with van der Waals surface area (Å²) < 4.78 is 40.1. The van der Waals surface area contributed by atoms with Crippen LogP contribution in [0.15, 0.2) is 24.3 Å². The lowest BCUT2D eigenvalue weighted by atomic mass is 9.77. The van der Waals surface area contributed by atoms with Gasteiger partial charge in [-0.15, -0.1) is 13.2 Å². The van der Waals surface area contributed by atoms with Gasteiger partial charge >= 0.3 is 6.36 Å². The first-order valence-corrected chi connectivity index (χ1v) is 7.29. The number of benzene rings is 1. The lowest BCUT2D eigenvalue weighted by molar-refractivity contribution is -0.274. The molecule has 5 heteroatoms. The summed E-state index contributed by atoms with van der Waals surface area (Å²) in [4.78, 5) is 12.4. The van der Waals surface area contributed by atoms with Gasteiger partial charge in [-0.1, -0.05) is 26.2 Å². The highest BCUT2D eigenvalue weighted by molar-refractivity contribution is 5.98. The molecule has 0 saturated heterocycles. The molecule has 0 aromatic heterocycles. The van der Waals surface area contributed by atoms with Crippen LogP contribution in [0.25, 0.3) is 0 Å². The highest BCUT2D eigenvalue weighted by Crippen LogP contribution is 2.33. The van der Waals surface area contributed by atoms with E-state index in [2.05, 4.69) is 11.7 Å². The zero-order chi connectivity index (χ0) is 15.5. The van der Waals surface area contributed by atoms with Crippen LogP contribution in [-0.2, 0) is 0 Å². The SMILES string of the molecule is CCC1CCCC(C(=O)c2ccc(OC(F)(F)F)cc2)C1. The number of carbonyl (C=O) groups excluding carboxylic acids is 1. The summed E-state index contributed by atoms with van der Waals surface area (Å²) in [7, 11) is 0. The summed E-state index contributed by atoms with van der Waals surface area (Å²) in [5.41, 5.74) is 0.464. The van der Waals surface area contributed by atoms with E-state index >= 15 is 0 Å². The van der Waals surface area contributed by atoms with Crippen molar-refractivity contribution >= 4 is 5.78 Å². The number of ether oxygens (including phenoxy) is 1. The number of halogens is 3. The smallest absolute Gasteiger partial charge is 0.406 e. The molecule has 2 nitrogen and oxygen atoms in total. The van der Waals surface area contributed by atoms with Gasteiger partial charge in [-0.25, -0.2) is 0 Å². The number of carbonyl (C=O) groups is 1. The zero-order valence-electron chi connectivity index (χ0n) is 12.0. The van der Waals surface area contributed by atoms with Gasteiger partial charge in [-0.2, -0.15) is 0 Å². The molecule has 2 unspecified atom stereocenters. The van der Waals surface area contributed by atoms with Gasteiger partial charge in [-0.3, -0.25) is 4.79 Å². The van der Waals surface area contributed by atoms with E-state index in [1.54, 1.807) is 0 Å². The third-order valence-corrected chi connectivity index (χ3v) is 4.10. The normalized spacial score (nSPS) is 22.9. The first-order valence-electron chi connectivity index (χ1n) is 7.29. The van der Waals surface area contributed by atoms with Crippen molar-refractivity contribution in [3.05, 3.63) is 29.8 Å². The Kier molecular flexibility index (Phi) is 4.91. The maximum Gasteiger partial charge on any atom is 0.573 e. The summed E-state index contributed by atoms with van der Waals surface area (Å²) in [5.74, 6) is 0.319. The van der Waals surface area contributed by atoms with Crippen LogP contribution in [0.1, 0.15) is 49.4 Å². The number of hydrogen-bond donors (Lipinski definition) is 0. The van der Waals surface area contributed by atoms with Crippen LogP contribution in [-0.4, -0.2) is 12.1 Å². The summed E-state index contributed by atoms with van der Waals surface area (Å²) in [6.45, 7) is 2.13. The van der Waals surface area contributed by atoms with E-state index in [4.69, 9.17) is 0 Å². The maximum absolute atomic E-state index is 12.4. The molecule has 0 N–H and O–H groups in total. The summed E-state index contributed by atoms with van der Waals surface area (Å²) in [5, 5.41) is 0. The fourth-order valence-electron chi connectivity index (χ4n) is 2.96. The number of Topliss-reactive ketones (excluding diaryl/α,β-unsaturated/α-hetero) is 1. The first kappa shape index (κ1) is 15.9. The molecule has 0 radical (unpaired) electrons. The Balaban J connectivity index is 2.02. The highest BCUT2D eigenvalue weighted by Gasteiger charge is 2.31. The van der Waals surface area contributed by atoms with E-state index in [1.807, 2.05) is 0 Å². The van der Waals surface area contributed by atoms with E-state index in [1.165, 1.54) is 30.7 Å². The molecule has 21 heavy (non-hydrogen) atoms. The van der Waals surface area contributed by atoms with Crippen molar-refractivity contribution in [2.75, 3.05) is 0 Å². The van der Waals surface area contributed by atoms with Gasteiger partial charge in [0.05, 0.1) is 0 Å². The monoisotopic (exact) mass is 300 g/mol. The van der Waals surface area contributed by atoms with Crippen molar-refractivity contribution < 1.29 is 22.7 Å². The third kappa shape index (κ3) is 4.48. The van der Waals surface area contributed by atoms with E-state index in [0.717, 1.165) is 25.7 Å². The highest BCUT2D eigenvalue weighted by atomic mass is 19.4. The summed E-state index contributed by atoms with van der Waals surface area (Å²) in [6.07, 6.45) is 0.334. The summed E-state index contributed by atoms with van der Waals surface area (Å²) in [6, 6.07) is 5.22. The van der Waals surface area contributed by atoms with Crippen LogP contribution in [0.5, 0.6) is 5.75 Å². The Bertz CT molecular complexity index is 479. The molecule has 0 aliphatic heterocycles. The molecular weight excluding hydrogens is 281 g/mol. The van der Waals surface area contributed by atoms with Crippen LogP contribution in [0, 0.1) is 11.8 Å². The van der Waals surface area contributed by atoms with Crippen LogP contribution < -0.4 is 4.74 Å². The van der Waals surface area contributed by atoms with Gasteiger partial charge in [0.2, 0.25) is 0 Å². The second kappa shape index (κ2) is 6.50. The van der Waals surface area contributed by atoms with Crippen LogP contribution in [0.3, 0.4) is 0 Å². The van der Waals surface area contributed by atoms with Crippen molar-refractivity contribution in [3.63, 3.8) is 0 Å². The molecule has 2 rings (SSSR count). The van der Waals surface area contributed by atoms with E-state index < -0.39 is 6.36 Å². The molecule has 0 amide bonds. The lowest BCUT2D eigenvalue weighted by Crippen LogP contribution is -2.23. The van der Waals surface area contributed by atoms with Gasteiger partial charge in [0.1, 0.15) is 5.75 Å². The fraction of sp³-hybridized carbons (Fsp3) is 0.562. The number of ketones is 1. The van der Waals surface area contributed by atoms with Gasteiger partial charge < -0.3 is 4.74 Å². The van der Waals surface area contributed by atoms with Crippen molar-refractivity contribution in [3.8, 4) is 5.75 Å². The first-order chi connectivity index (χ1) is 9.89. The molecule has 1 aromatic carbocycles. The van der Waals surface area contributed by atoms with Crippen LogP contribution in [0.2, 0.25) is 0 Å². The molecule has 0 heterocycles. The molecule has 1 saturated carbocycles. The number of hydrogen-bond acceptors (Lipinski definition) is 2.